The first-order valence-electron chi connectivity index (χ1n) is 12.2. The number of rotatable bonds is 8. The fourth-order valence-corrected chi connectivity index (χ4v) is 6.17. The molecule has 0 fully saturated rings. The number of anilines is 1. The fourth-order valence-electron chi connectivity index (χ4n) is 5.02. The van der Waals surface area contributed by atoms with Crippen LogP contribution in [0.3, 0.4) is 0 Å². The number of hydrogen-bond acceptors (Lipinski definition) is 6. The number of hydrogen-bond donors (Lipinski definition) is 1. The minimum absolute atomic E-state index is 0.0528. The molecule has 2 aliphatic rings. The first-order valence-corrected chi connectivity index (χ1v) is 13.2. The smallest absolute Gasteiger partial charge is 0.344 e. The number of aliphatic hydroxyl groups excluding tert-OH is 1. The summed E-state index contributed by atoms with van der Waals surface area (Å²) in [6.45, 7) is 4.88. The minimum Gasteiger partial charge on any atom is -0.482 e. The molecule has 0 saturated carbocycles. The third kappa shape index (κ3) is 4.91. The van der Waals surface area contributed by atoms with E-state index in [0.29, 0.717) is 13.2 Å². The SMILES string of the molecule is CCOC(=O)COc1ccc(SCc2cccc3c2CN(c2ccc(C)cc2)C3O)c2c1CCC2. The molecular formula is C29H31NO4S. The molecule has 1 aliphatic heterocycles. The van der Waals surface area contributed by atoms with E-state index >= 15 is 0 Å². The number of thioether (sulfide) groups is 1. The quantitative estimate of drug-likeness (QED) is 0.322. The highest BCUT2D eigenvalue weighted by Gasteiger charge is 2.30. The summed E-state index contributed by atoms with van der Waals surface area (Å²) in [4.78, 5) is 15.0. The van der Waals surface area contributed by atoms with E-state index in [2.05, 4.69) is 48.2 Å². The second-order valence-electron chi connectivity index (χ2n) is 9.08. The Morgan fingerprint density at radius 3 is 2.66 bits per heavy atom. The molecule has 0 aromatic heterocycles. The topological polar surface area (TPSA) is 59.0 Å². The Balaban J connectivity index is 1.31. The maximum absolute atomic E-state index is 11.7. The second kappa shape index (κ2) is 10.3. The number of benzene rings is 3. The van der Waals surface area contributed by atoms with E-state index in [1.165, 1.54) is 32.7 Å². The summed E-state index contributed by atoms with van der Waals surface area (Å²) in [5.41, 5.74) is 8.28. The minimum atomic E-state index is -0.627. The van der Waals surface area contributed by atoms with Crippen molar-refractivity contribution in [3.8, 4) is 5.75 Å². The molecule has 6 heteroatoms. The molecule has 0 bridgehead atoms. The molecule has 1 unspecified atom stereocenters. The van der Waals surface area contributed by atoms with E-state index in [-0.39, 0.29) is 12.6 Å². The van der Waals surface area contributed by atoms with Crippen molar-refractivity contribution in [2.24, 2.45) is 0 Å². The van der Waals surface area contributed by atoms with Crippen molar-refractivity contribution in [2.45, 2.75) is 56.5 Å². The summed E-state index contributed by atoms with van der Waals surface area (Å²) in [6.07, 6.45) is 2.47. The number of aliphatic hydroxyl groups is 1. The Morgan fingerprint density at radius 1 is 1.06 bits per heavy atom. The third-order valence-corrected chi connectivity index (χ3v) is 7.96. The summed E-state index contributed by atoms with van der Waals surface area (Å²) in [6, 6.07) is 18.7. The van der Waals surface area contributed by atoms with Gasteiger partial charge in [0.1, 0.15) is 5.75 Å². The number of nitrogens with zero attached hydrogens (tertiary/aromatic N) is 1. The van der Waals surface area contributed by atoms with Crippen molar-refractivity contribution in [2.75, 3.05) is 18.1 Å². The third-order valence-electron chi connectivity index (χ3n) is 6.81. The molecule has 182 valence electrons. The highest BCUT2D eigenvalue weighted by molar-refractivity contribution is 7.98. The van der Waals surface area contributed by atoms with Crippen LogP contribution in [0, 0.1) is 6.92 Å². The molecule has 3 aromatic rings. The standard InChI is InChI=1S/C29H31NO4S/c1-3-33-28(31)17-34-26-14-15-27(23-8-5-7-22(23)26)35-18-20-6-4-9-24-25(20)16-30(29(24)32)21-12-10-19(2)11-13-21/h4,6,9-15,29,32H,3,5,7-8,16-18H2,1-2H3. The fraction of sp³-hybridized carbons (Fsp3) is 0.345. The molecule has 0 radical (unpaired) electrons. The van der Waals surface area contributed by atoms with E-state index < -0.39 is 6.23 Å². The van der Waals surface area contributed by atoms with Gasteiger partial charge in [-0.15, -0.1) is 11.8 Å². The van der Waals surface area contributed by atoms with E-state index in [9.17, 15) is 9.90 Å². The van der Waals surface area contributed by atoms with Crippen molar-refractivity contribution >= 4 is 23.4 Å². The van der Waals surface area contributed by atoms with Crippen LogP contribution in [0.15, 0.2) is 59.5 Å². The Hall–Kier alpha value is -2.96. The predicted octanol–water partition coefficient (Wildman–Crippen LogP) is 5.73. The molecule has 0 spiro atoms. The van der Waals surface area contributed by atoms with Gasteiger partial charge in [-0.1, -0.05) is 35.9 Å². The largest absolute Gasteiger partial charge is 0.482 e. The molecular weight excluding hydrogens is 458 g/mol. The molecule has 1 aliphatic carbocycles. The van der Waals surface area contributed by atoms with E-state index in [1.807, 2.05) is 30.0 Å². The van der Waals surface area contributed by atoms with Crippen molar-refractivity contribution in [3.63, 3.8) is 0 Å². The van der Waals surface area contributed by atoms with Crippen LogP contribution in [0.25, 0.3) is 0 Å². The van der Waals surface area contributed by atoms with Crippen LogP contribution in [-0.4, -0.2) is 24.3 Å². The van der Waals surface area contributed by atoms with Crippen molar-refractivity contribution in [3.05, 3.63) is 88.0 Å². The molecule has 3 aromatic carbocycles. The zero-order valence-corrected chi connectivity index (χ0v) is 21.1. The van der Waals surface area contributed by atoms with E-state index in [4.69, 9.17) is 9.47 Å². The maximum atomic E-state index is 11.7. The average molecular weight is 490 g/mol. The van der Waals surface area contributed by atoms with Crippen LogP contribution in [0.5, 0.6) is 5.75 Å². The first kappa shape index (κ1) is 23.8. The van der Waals surface area contributed by atoms with Crippen LogP contribution in [0.4, 0.5) is 5.69 Å². The molecule has 0 amide bonds. The lowest BCUT2D eigenvalue weighted by Gasteiger charge is -2.23. The molecule has 0 saturated heterocycles. The van der Waals surface area contributed by atoms with Crippen molar-refractivity contribution in [1.82, 2.24) is 0 Å². The van der Waals surface area contributed by atoms with Gasteiger partial charge in [0.2, 0.25) is 0 Å². The van der Waals surface area contributed by atoms with Gasteiger partial charge in [-0.25, -0.2) is 4.79 Å². The van der Waals surface area contributed by atoms with E-state index in [1.54, 1.807) is 6.92 Å². The number of aryl methyl sites for hydroxylation is 1. The number of carbonyl (C=O) groups is 1. The van der Waals surface area contributed by atoms with Crippen LogP contribution in [-0.2, 0) is 34.7 Å². The lowest BCUT2D eigenvalue weighted by atomic mass is 10.0. The van der Waals surface area contributed by atoms with Crippen LogP contribution < -0.4 is 9.64 Å². The second-order valence-corrected chi connectivity index (χ2v) is 10.1. The van der Waals surface area contributed by atoms with Gasteiger partial charge < -0.3 is 19.5 Å². The zero-order valence-electron chi connectivity index (χ0n) is 20.3. The number of esters is 1. The number of carbonyl (C=O) groups excluding carboxylic acids is 1. The number of fused-ring (bicyclic) bond motifs is 2. The molecule has 1 atom stereocenters. The van der Waals surface area contributed by atoms with E-state index in [0.717, 1.165) is 42.0 Å². The Labute approximate surface area is 211 Å². The van der Waals surface area contributed by atoms with Gasteiger partial charge in [0, 0.05) is 28.4 Å². The molecule has 35 heavy (non-hydrogen) atoms. The summed E-state index contributed by atoms with van der Waals surface area (Å²) in [5, 5.41) is 11.0. The Bertz CT molecular complexity index is 1220. The highest BCUT2D eigenvalue weighted by atomic mass is 32.2. The summed E-state index contributed by atoms with van der Waals surface area (Å²) < 4.78 is 10.8. The van der Waals surface area contributed by atoms with Gasteiger partial charge >= 0.3 is 5.97 Å². The Morgan fingerprint density at radius 2 is 1.86 bits per heavy atom. The molecule has 1 heterocycles. The van der Waals surface area contributed by atoms with Gasteiger partial charge in [-0.2, -0.15) is 0 Å². The highest BCUT2D eigenvalue weighted by Crippen LogP contribution is 2.41. The maximum Gasteiger partial charge on any atom is 0.344 e. The molecule has 1 N–H and O–H groups in total. The van der Waals surface area contributed by atoms with Crippen LogP contribution in [0.2, 0.25) is 0 Å². The summed E-state index contributed by atoms with van der Waals surface area (Å²) in [7, 11) is 0. The summed E-state index contributed by atoms with van der Waals surface area (Å²) >= 11 is 1.84. The van der Waals surface area contributed by atoms with Crippen molar-refractivity contribution in [1.29, 1.82) is 0 Å². The predicted molar refractivity (Wildman–Crippen MR) is 139 cm³/mol. The monoisotopic (exact) mass is 489 g/mol. The lowest BCUT2D eigenvalue weighted by molar-refractivity contribution is -0.145. The zero-order chi connectivity index (χ0) is 24.4. The van der Waals surface area contributed by atoms with Crippen LogP contribution >= 0.6 is 11.8 Å². The molecule has 5 rings (SSSR count). The summed E-state index contributed by atoms with van der Waals surface area (Å²) in [5.74, 6) is 1.30. The van der Waals surface area contributed by atoms with Gasteiger partial charge in [0.25, 0.3) is 0 Å². The normalized spacial score (nSPS) is 16.2. The van der Waals surface area contributed by atoms with Gasteiger partial charge in [0.15, 0.2) is 12.8 Å². The lowest BCUT2D eigenvalue weighted by Crippen LogP contribution is -2.20. The van der Waals surface area contributed by atoms with Crippen molar-refractivity contribution < 1.29 is 19.4 Å². The first-order chi connectivity index (χ1) is 17.0. The average Bonchev–Trinajstić information content (AvgIpc) is 3.48. The van der Waals surface area contributed by atoms with Gasteiger partial charge in [-0.05, 0) is 79.6 Å². The Kier molecular flexibility index (Phi) is 7.02. The molecule has 5 nitrogen and oxygen atoms in total. The van der Waals surface area contributed by atoms with Gasteiger partial charge in [0.05, 0.1) is 6.61 Å². The van der Waals surface area contributed by atoms with Gasteiger partial charge in [-0.3, -0.25) is 0 Å². The van der Waals surface area contributed by atoms with Crippen LogP contribution in [0.1, 0.15) is 53.0 Å². The number of ether oxygens (including phenoxy) is 2.